The van der Waals surface area contributed by atoms with E-state index in [-0.39, 0.29) is 5.92 Å². The van der Waals surface area contributed by atoms with Gasteiger partial charge in [0.2, 0.25) is 0 Å². The summed E-state index contributed by atoms with van der Waals surface area (Å²) in [7, 11) is 1.68. The van der Waals surface area contributed by atoms with Crippen LogP contribution in [0.15, 0.2) is 60.7 Å². The van der Waals surface area contributed by atoms with E-state index in [0.29, 0.717) is 9.79 Å². The van der Waals surface area contributed by atoms with Crippen LogP contribution in [-0.4, -0.2) is 21.9 Å². The van der Waals surface area contributed by atoms with E-state index >= 15 is 0 Å². The van der Waals surface area contributed by atoms with Crippen LogP contribution in [-0.2, 0) is 0 Å². The highest BCUT2D eigenvalue weighted by atomic mass is 35.5. The number of aromatic amines is 1. The molecule has 1 aromatic heterocycles. The molecule has 1 heterocycles. The first kappa shape index (κ1) is 17.8. The second kappa shape index (κ2) is 7.18. The molecular weight excluding hydrogens is 378 g/mol. The number of aromatic nitrogens is 3. The van der Waals surface area contributed by atoms with Gasteiger partial charge in [0, 0.05) is 16.6 Å². The van der Waals surface area contributed by atoms with Crippen molar-refractivity contribution in [3.05, 3.63) is 81.8 Å². The summed E-state index contributed by atoms with van der Waals surface area (Å²) in [5.74, 6) is 1.77. The van der Waals surface area contributed by atoms with Crippen molar-refractivity contribution in [3.8, 4) is 11.4 Å². The molecule has 0 radical (unpaired) electrons. The smallest absolute Gasteiger partial charge is 0.199 e. The average molecular weight is 396 g/mol. The highest BCUT2D eigenvalue weighted by molar-refractivity contribution is 7.71. The number of H-pyrrole nitrogens is 1. The van der Waals surface area contributed by atoms with Crippen molar-refractivity contribution in [1.82, 2.24) is 14.8 Å². The average Bonchev–Trinajstić information content (AvgIpc) is 3.08. The first-order valence-electron chi connectivity index (χ1n) is 8.58. The van der Waals surface area contributed by atoms with Crippen LogP contribution in [0.2, 0.25) is 5.02 Å². The summed E-state index contributed by atoms with van der Waals surface area (Å²) in [6.45, 7) is 2.13. The van der Waals surface area contributed by atoms with Crippen molar-refractivity contribution in [2.75, 3.05) is 7.11 Å². The SMILES string of the molecule is COc1ccc2cc(C(C)c3n[nH]c(=S)n3-c3ccc(Cl)cc3)ccc2c1. The molecular formula is C21H18ClN3OS. The van der Waals surface area contributed by atoms with E-state index in [0.717, 1.165) is 33.6 Å². The van der Waals surface area contributed by atoms with Gasteiger partial charge in [0.1, 0.15) is 11.6 Å². The molecule has 0 spiro atoms. The van der Waals surface area contributed by atoms with Crippen molar-refractivity contribution in [1.29, 1.82) is 0 Å². The molecule has 4 aromatic rings. The number of nitrogens with one attached hydrogen (secondary N) is 1. The Labute approximate surface area is 167 Å². The molecule has 0 amide bonds. The summed E-state index contributed by atoms with van der Waals surface area (Å²) in [5, 5.41) is 10.4. The second-order valence-electron chi connectivity index (χ2n) is 6.39. The summed E-state index contributed by atoms with van der Waals surface area (Å²) in [6.07, 6.45) is 0. The van der Waals surface area contributed by atoms with E-state index < -0.39 is 0 Å². The van der Waals surface area contributed by atoms with Crippen LogP contribution in [0, 0.1) is 4.77 Å². The van der Waals surface area contributed by atoms with Crippen molar-refractivity contribution in [2.24, 2.45) is 0 Å². The lowest BCUT2D eigenvalue weighted by Gasteiger charge is -2.15. The Balaban J connectivity index is 1.77. The molecule has 4 nitrogen and oxygen atoms in total. The number of hydrogen-bond acceptors (Lipinski definition) is 3. The van der Waals surface area contributed by atoms with Gasteiger partial charge >= 0.3 is 0 Å². The lowest BCUT2D eigenvalue weighted by atomic mass is 9.97. The van der Waals surface area contributed by atoms with Gasteiger partial charge in [0.05, 0.1) is 7.11 Å². The number of ether oxygens (including phenoxy) is 1. The molecule has 27 heavy (non-hydrogen) atoms. The van der Waals surface area contributed by atoms with Crippen molar-refractivity contribution in [3.63, 3.8) is 0 Å². The number of nitrogens with zero attached hydrogens (tertiary/aromatic N) is 2. The molecule has 0 aliphatic rings. The summed E-state index contributed by atoms with van der Waals surface area (Å²) in [6, 6.07) is 20.1. The fourth-order valence-electron chi connectivity index (χ4n) is 3.23. The van der Waals surface area contributed by atoms with Gasteiger partial charge in [-0.2, -0.15) is 5.10 Å². The molecule has 0 aliphatic heterocycles. The monoisotopic (exact) mass is 395 g/mol. The fraction of sp³-hybridized carbons (Fsp3) is 0.143. The molecule has 4 rings (SSSR count). The Morgan fingerprint density at radius 1 is 1.04 bits per heavy atom. The normalized spacial score (nSPS) is 12.3. The van der Waals surface area contributed by atoms with E-state index in [1.54, 1.807) is 7.11 Å². The van der Waals surface area contributed by atoms with Crippen molar-refractivity contribution >= 4 is 34.6 Å². The summed E-state index contributed by atoms with van der Waals surface area (Å²) < 4.78 is 7.82. The lowest BCUT2D eigenvalue weighted by molar-refractivity contribution is 0.415. The third kappa shape index (κ3) is 3.36. The van der Waals surface area contributed by atoms with Gasteiger partial charge in [-0.05, 0) is 65.0 Å². The Kier molecular flexibility index (Phi) is 4.72. The molecule has 0 saturated carbocycles. The minimum Gasteiger partial charge on any atom is -0.497 e. The second-order valence-corrected chi connectivity index (χ2v) is 7.22. The highest BCUT2D eigenvalue weighted by Gasteiger charge is 2.18. The van der Waals surface area contributed by atoms with E-state index in [4.69, 9.17) is 28.6 Å². The molecule has 1 N–H and O–H groups in total. The van der Waals surface area contributed by atoms with Crippen LogP contribution in [0.5, 0.6) is 5.75 Å². The highest BCUT2D eigenvalue weighted by Crippen LogP contribution is 2.29. The third-order valence-electron chi connectivity index (χ3n) is 4.74. The fourth-order valence-corrected chi connectivity index (χ4v) is 3.60. The molecule has 6 heteroatoms. The molecule has 1 unspecified atom stereocenters. The Morgan fingerprint density at radius 2 is 1.74 bits per heavy atom. The topological polar surface area (TPSA) is 42.8 Å². The molecule has 0 fully saturated rings. The number of methoxy groups -OCH3 is 1. The number of halogens is 1. The molecule has 0 aliphatic carbocycles. The Morgan fingerprint density at radius 3 is 2.48 bits per heavy atom. The first-order valence-corrected chi connectivity index (χ1v) is 9.36. The predicted octanol–water partition coefficient (Wildman–Crippen LogP) is 5.90. The van der Waals surface area contributed by atoms with E-state index in [2.05, 4.69) is 41.4 Å². The van der Waals surface area contributed by atoms with E-state index in [9.17, 15) is 0 Å². The zero-order chi connectivity index (χ0) is 19.0. The van der Waals surface area contributed by atoms with Crippen LogP contribution < -0.4 is 4.74 Å². The van der Waals surface area contributed by atoms with Gasteiger partial charge < -0.3 is 4.74 Å². The van der Waals surface area contributed by atoms with Crippen molar-refractivity contribution < 1.29 is 4.74 Å². The minimum absolute atomic E-state index is 0.0557. The van der Waals surface area contributed by atoms with Gasteiger partial charge in [0.15, 0.2) is 4.77 Å². The Bertz CT molecular complexity index is 1160. The molecule has 136 valence electrons. The third-order valence-corrected chi connectivity index (χ3v) is 5.27. The van der Waals surface area contributed by atoms with Gasteiger partial charge in [0.25, 0.3) is 0 Å². The quantitative estimate of drug-likeness (QED) is 0.437. The van der Waals surface area contributed by atoms with Crippen LogP contribution in [0.1, 0.15) is 24.2 Å². The predicted molar refractivity (Wildman–Crippen MR) is 112 cm³/mol. The maximum Gasteiger partial charge on any atom is 0.199 e. The number of fused-ring (bicyclic) bond motifs is 1. The maximum absolute atomic E-state index is 6.02. The summed E-state index contributed by atoms with van der Waals surface area (Å²) in [4.78, 5) is 0. The number of rotatable bonds is 4. The van der Waals surface area contributed by atoms with Crippen LogP contribution in [0.4, 0.5) is 0 Å². The minimum atomic E-state index is 0.0557. The zero-order valence-corrected chi connectivity index (χ0v) is 16.5. The number of hydrogen-bond donors (Lipinski definition) is 1. The van der Waals surface area contributed by atoms with Crippen molar-refractivity contribution in [2.45, 2.75) is 12.8 Å². The van der Waals surface area contributed by atoms with Crippen LogP contribution in [0.3, 0.4) is 0 Å². The lowest BCUT2D eigenvalue weighted by Crippen LogP contribution is -2.07. The maximum atomic E-state index is 6.02. The van der Waals surface area contributed by atoms with Crippen LogP contribution >= 0.6 is 23.8 Å². The largest absolute Gasteiger partial charge is 0.497 e. The Hall–Kier alpha value is -2.63. The molecule has 0 bridgehead atoms. The molecule has 3 aromatic carbocycles. The number of benzene rings is 3. The van der Waals surface area contributed by atoms with Gasteiger partial charge in [-0.1, -0.05) is 42.8 Å². The molecule has 1 atom stereocenters. The van der Waals surface area contributed by atoms with Gasteiger partial charge in [-0.25, -0.2) is 0 Å². The van der Waals surface area contributed by atoms with E-state index in [1.807, 2.05) is 41.0 Å². The summed E-state index contributed by atoms with van der Waals surface area (Å²) >= 11 is 11.5. The zero-order valence-electron chi connectivity index (χ0n) is 14.9. The van der Waals surface area contributed by atoms with Gasteiger partial charge in [-0.3, -0.25) is 9.67 Å². The standard InChI is InChI=1S/C21H18ClN3OS/c1-13(14-3-4-16-12-19(26-2)10-5-15(16)11-14)20-23-24-21(27)25(20)18-8-6-17(22)7-9-18/h3-13H,1-2H3,(H,24,27). The van der Waals surface area contributed by atoms with Crippen LogP contribution in [0.25, 0.3) is 16.5 Å². The first-order chi connectivity index (χ1) is 13.1. The van der Waals surface area contributed by atoms with E-state index in [1.165, 1.54) is 0 Å². The summed E-state index contributed by atoms with van der Waals surface area (Å²) in [5.41, 5.74) is 2.10. The molecule has 0 saturated heterocycles. The van der Waals surface area contributed by atoms with Gasteiger partial charge in [-0.15, -0.1) is 0 Å².